The Hall–Kier alpha value is -1.93. The fraction of sp³-hybridized carbons (Fsp3) is 0.278. The van der Waals surface area contributed by atoms with Crippen LogP contribution in [0.4, 0.5) is 13.2 Å². The van der Waals surface area contributed by atoms with Crippen molar-refractivity contribution in [3.8, 4) is 17.2 Å². The van der Waals surface area contributed by atoms with Crippen molar-refractivity contribution in [2.75, 3.05) is 7.11 Å². The van der Waals surface area contributed by atoms with Crippen molar-refractivity contribution < 1.29 is 36.5 Å². The van der Waals surface area contributed by atoms with Crippen LogP contribution in [0.2, 0.25) is 5.02 Å². The van der Waals surface area contributed by atoms with Gasteiger partial charge in [-0.15, -0.1) is 11.6 Å². The van der Waals surface area contributed by atoms with Crippen LogP contribution in [0.5, 0.6) is 17.2 Å². The number of hydrogen-bond acceptors (Lipinski definition) is 5. The van der Waals surface area contributed by atoms with E-state index in [9.17, 15) is 22.5 Å². The van der Waals surface area contributed by atoms with Gasteiger partial charge in [0.15, 0.2) is 0 Å². The predicted molar refractivity (Wildman–Crippen MR) is 107 cm³/mol. The minimum Gasteiger partial charge on any atom is -0.461 e. The second kappa shape index (κ2) is 10.4. The molecule has 1 N–H and O–H groups in total. The van der Waals surface area contributed by atoms with Gasteiger partial charge in [-0.3, -0.25) is 9.36 Å². The van der Waals surface area contributed by atoms with E-state index >= 15 is 0 Å². The van der Waals surface area contributed by atoms with Gasteiger partial charge in [-0.1, -0.05) is 17.7 Å². The third-order valence-electron chi connectivity index (χ3n) is 3.60. The molecule has 3 atom stereocenters. The summed E-state index contributed by atoms with van der Waals surface area (Å²) in [4.78, 5) is 11.8. The van der Waals surface area contributed by atoms with Crippen molar-refractivity contribution in [2.45, 2.75) is 24.4 Å². The first-order chi connectivity index (χ1) is 14.0. The summed E-state index contributed by atoms with van der Waals surface area (Å²) >= 11 is 11.6. The lowest BCUT2D eigenvalue weighted by Gasteiger charge is -2.20. The van der Waals surface area contributed by atoms with Gasteiger partial charge in [-0.2, -0.15) is 13.2 Å². The number of hydrogen-bond donors (Lipinski definition) is 1. The first kappa shape index (κ1) is 24.3. The molecule has 0 aliphatic heterocycles. The van der Waals surface area contributed by atoms with Crippen LogP contribution in [-0.4, -0.2) is 24.4 Å². The Labute approximate surface area is 181 Å². The maximum absolute atomic E-state index is 12.7. The summed E-state index contributed by atoms with van der Waals surface area (Å²) in [7, 11) is -1.63. The molecular weight excluding hydrogens is 469 g/mol. The van der Waals surface area contributed by atoms with Crippen molar-refractivity contribution in [3.05, 3.63) is 53.1 Å². The van der Waals surface area contributed by atoms with Gasteiger partial charge >= 0.3 is 6.18 Å². The number of ether oxygens (including phenoxy) is 2. The number of benzene rings is 2. The zero-order valence-corrected chi connectivity index (χ0v) is 18.1. The lowest BCUT2D eigenvalue weighted by atomic mass is 10.2. The average molecular weight is 486 g/mol. The highest BCUT2D eigenvalue weighted by atomic mass is 35.5. The first-order valence-corrected chi connectivity index (χ1v) is 10.6. The summed E-state index contributed by atoms with van der Waals surface area (Å²) in [6.45, 7) is 1.43. The molecule has 2 aromatic rings. The smallest absolute Gasteiger partial charge is 0.416 e. The number of nitrogens with one attached hydrogen (secondary N) is 1. The van der Waals surface area contributed by atoms with Crippen molar-refractivity contribution in [2.24, 2.45) is 0 Å². The Morgan fingerprint density at radius 2 is 1.83 bits per heavy atom. The van der Waals surface area contributed by atoms with Crippen LogP contribution in [0.15, 0.2) is 42.5 Å². The molecule has 12 heteroatoms. The maximum atomic E-state index is 12.7. The molecule has 0 aromatic heterocycles. The molecule has 0 aliphatic carbocycles. The lowest BCUT2D eigenvalue weighted by molar-refractivity contribution is -0.137. The Morgan fingerprint density at radius 1 is 1.17 bits per heavy atom. The molecule has 2 aromatic carbocycles. The van der Waals surface area contributed by atoms with Crippen molar-refractivity contribution >= 4 is 37.1 Å². The van der Waals surface area contributed by atoms with Crippen LogP contribution >= 0.6 is 31.2 Å². The molecule has 2 rings (SSSR count). The second-order valence-electron chi connectivity index (χ2n) is 5.87. The Balaban J connectivity index is 2.19. The maximum Gasteiger partial charge on any atom is 0.416 e. The average Bonchev–Trinajstić information content (AvgIpc) is 2.67. The van der Waals surface area contributed by atoms with Crippen LogP contribution in [0.1, 0.15) is 12.5 Å². The fourth-order valence-corrected chi connectivity index (χ4v) is 3.11. The molecule has 0 radical (unpaired) electrons. The topological polar surface area (TPSA) is 73.9 Å². The zero-order valence-electron chi connectivity index (χ0n) is 15.6. The molecular formula is C18H17Cl2F3NO5P. The van der Waals surface area contributed by atoms with Crippen molar-refractivity contribution in [3.63, 3.8) is 0 Å². The summed E-state index contributed by atoms with van der Waals surface area (Å²) in [5.74, 6) is -1.58. The largest absolute Gasteiger partial charge is 0.461 e. The highest BCUT2D eigenvalue weighted by Crippen LogP contribution is 2.37. The van der Waals surface area contributed by atoms with Crippen LogP contribution < -0.4 is 14.8 Å². The molecule has 0 aliphatic rings. The zero-order chi connectivity index (χ0) is 22.5. The minimum absolute atomic E-state index is 0.00639. The van der Waals surface area contributed by atoms with E-state index in [1.54, 1.807) is 0 Å². The van der Waals surface area contributed by atoms with Gasteiger partial charge in [0.2, 0.25) is 11.9 Å². The lowest BCUT2D eigenvalue weighted by Crippen LogP contribution is -2.40. The Kier molecular flexibility index (Phi) is 8.43. The Bertz CT molecular complexity index is 927. The molecule has 0 bridgehead atoms. The summed E-state index contributed by atoms with van der Waals surface area (Å²) in [6.07, 6.45) is -4.53. The van der Waals surface area contributed by atoms with Gasteiger partial charge in [0.1, 0.15) is 22.6 Å². The van der Waals surface area contributed by atoms with E-state index < -0.39 is 37.0 Å². The number of carbonyl (C=O) groups excluding carboxylic acids is 1. The standard InChI is InChI=1S/C18H17Cl2F3NO5P/c1-10(19)16(25)24-17(30(26)27-2)29-13-5-3-4-12(9-13)28-15-7-6-11(8-14(15)20)18(21,22)23/h3-10,17,30H,1-2H3,(H,24,25). The fourth-order valence-electron chi connectivity index (χ4n) is 2.12. The van der Waals surface area contributed by atoms with Gasteiger partial charge in [0.25, 0.3) is 8.03 Å². The third kappa shape index (κ3) is 6.80. The van der Waals surface area contributed by atoms with Gasteiger partial charge in [0.05, 0.1) is 10.6 Å². The monoisotopic (exact) mass is 485 g/mol. The second-order valence-corrected chi connectivity index (χ2v) is 8.50. The van der Waals surface area contributed by atoms with E-state index in [2.05, 4.69) is 5.32 Å². The number of rotatable bonds is 8. The number of halogens is 5. The van der Waals surface area contributed by atoms with Gasteiger partial charge in [-0.25, -0.2) is 0 Å². The molecule has 0 heterocycles. The SMILES string of the molecule is CO[PH](=O)C(NC(=O)C(C)Cl)Oc1cccc(Oc2ccc(C(F)(F)F)cc2Cl)c1. The third-order valence-corrected chi connectivity index (χ3v) is 5.18. The molecule has 1 amide bonds. The predicted octanol–water partition coefficient (Wildman–Crippen LogP) is 5.68. The number of amides is 1. The number of alkyl halides is 4. The quantitative estimate of drug-likeness (QED) is 0.296. The van der Waals surface area contributed by atoms with E-state index in [1.165, 1.54) is 38.3 Å². The van der Waals surface area contributed by atoms with Gasteiger partial charge < -0.3 is 19.3 Å². The first-order valence-electron chi connectivity index (χ1n) is 8.35. The highest BCUT2D eigenvalue weighted by molar-refractivity contribution is 7.39. The molecule has 0 saturated heterocycles. The highest BCUT2D eigenvalue weighted by Gasteiger charge is 2.31. The summed E-state index contributed by atoms with van der Waals surface area (Å²) in [5, 5.41) is 1.24. The molecule has 0 spiro atoms. The van der Waals surface area contributed by atoms with Crippen LogP contribution in [0.25, 0.3) is 0 Å². The van der Waals surface area contributed by atoms with Crippen LogP contribution in [0.3, 0.4) is 0 Å². The van der Waals surface area contributed by atoms with Crippen LogP contribution in [-0.2, 0) is 20.1 Å². The normalized spacial score (nSPS) is 14.5. The van der Waals surface area contributed by atoms with Gasteiger partial charge in [-0.05, 0) is 37.3 Å². The Morgan fingerprint density at radius 3 is 2.40 bits per heavy atom. The van der Waals surface area contributed by atoms with E-state index in [0.29, 0.717) is 0 Å². The van der Waals surface area contributed by atoms with E-state index in [4.69, 9.17) is 37.2 Å². The van der Waals surface area contributed by atoms with Gasteiger partial charge in [0, 0.05) is 13.2 Å². The summed E-state index contributed by atoms with van der Waals surface area (Å²) in [5.41, 5.74) is -0.909. The minimum atomic E-state index is -4.53. The summed E-state index contributed by atoms with van der Waals surface area (Å²) in [6, 6.07) is 8.58. The molecule has 0 saturated carbocycles. The molecule has 0 fully saturated rings. The van der Waals surface area contributed by atoms with E-state index in [0.717, 1.165) is 18.2 Å². The van der Waals surface area contributed by atoms with Crippen LogP contribution in [0, 0.1) is 0 Å². The van der Waals surface area contributed by atoms with Crippen molar-refractivity contribution in [1.29, 1.82) is 0 Å². The molecule has 164 valence electrons. The molecule has 6 nitrogen and oxygen atoms in total. The molecule has 30 heavy (non-hydrogen) atoms. The van der Waals surface area contributed by atoms with E-state index in [-0.39, 0.29) is 22.3 Å². The molecule has 3 unspecified atom stereocenters. The van der Waals surface area contributed by atoms with Crippen molar-refractivity contribution in [1.82, 2.24) is 5.32 Å². The number of carbonyl (C=O) groups is 1. The van der Waals surface area contributed by atoms with E-state index in [1.807, 2.05) is 0 Å². The summed E-state index contributed by atoms with van der Waals surface area (Å²) < 4.78 is 66.1.